The lowest BCUT2D eigenvalue weighted by Gasteiger charge is -2.30. The second-order valence-electron chi connectivity index (χ2n) is 13.0. The quantitative estimate of drug-likeness (QED) is 0.280. The maximum Gasteiger partial charge on any atom is 0.306 e. The van der Waals surface area contributed by atoms with Gasteiger partial charge in [-0.05, 0) is 82.1 Å². The number of esters is 1. The van der Waals surface area contributed by atoms with Gasteiger partial charge < -0.3 is 29.5 Å². The number of allylic oxidation sites excluding steroid dienone is 3. The number of carbonyl (C=O) groups is 1. The number of aliphatic hydroxyl groups is 3. The molecule has 7 nitrogen and oxygen atoms in total. The Balaban J connectivity index is 1.73. The Morgan fingerprint density at radius 2 is 1.80 bits per heavy atom. The summed E-state index contributed by atoms with van der Waals surface area (Å²) in [6, 6.07) is 0. The molecule has 3 heterocycles. The van der Waals surface area contributed by atoms with Crippen molar-refractivity contribution in [3.63, 3.8) is 0 Å². The molecule has 0 amide bonds. The number of cyclic esters (lactones) is 1. The minimum atomic E-state index is -0.943. The summed E-state index contributed by atoms with van der Waals surface area (Å²) >= 11 is 0. The van der Waals surface area contributed by atoms with Crippen LogP contribution < -0.4 is 0 Å². The molecule has 3 aliphatic rings. The molecule has 3 aliphatic heterocycles. The van der Waals surface area contributed by atoms with Crippen molar-refractivity contribution in [1.82, 2.24) is 0 Å². The summed E-state index contributed by atoms with van der Waals surface area (Å²) < 4.78 is 18.6. The minimum absolute atomic E-state index is 0.0322. The van der Waals surface area contributed by atoms with Crippen LogP contribution >= 0.6 is 0 Å². The summed E-state index contributed by atoms with van der Waals surface area (Å²) in [6.45, 7) is 14.1. The highest BCUT2D eigenvalue weighted by Crippen LogP contribution is 2.37. The SMILES string of the molecule is C=C([C@@H](O)CC)[C@H](C)[C@@H](O)[C@@H]1CCC/C(C)=C/[C@H]2O[C@H](C[C@H]2C)[C@@H]2O[C@H](CC/C=C/CC[C@@H](C)CC(=O)O1)C[C@@H]2O. The van der Waals surface area contributed by atoms with E-state index in [9.17, 15) is 20.1 Å². The van der Waals surface area contributed by atoms with E-state index >= 15 is 0 Å². The van der Waals surface area contributed by atoms with E-state index in [1.54, 1.807) is 0 Å². The van der Waals surface area contributed by atoms with Gasteiger partial charge in [-0.25, -0.2) is 0 Å². The summed E-state index contributed by atoms with van der Waals surface area (Å²) in [5, 5.41) is 32.3. The number of hydrogen-bond donors (Lipinski definition) is 3. The van der Waals surface area contributed by atoms with E-state index in [4.69, 9.17) is 14.2 Å². The topological polar surface area (TPSA) is 105 Å². The fourth-order valence-electron chi connectivity index (χ4n) is 6.45. The van der Waals surface area contributed by atoms with Crippen LogP contribution in [0.25, 0.3) is 0 Å². The van der Waals surface area contributed by atoms with Gasteiger partial charge in [-0.1, -0.05) is 58.1 Å². The molecule has 3 rings (SSSR count). The normalized spacial score (nSPS) is 38.8. The van der Waals surface area contributed by atoms with Crippen molar-refractivity contribution < 1.29 is 34.3 Å². The van der Waals surface area contributed by atoms with Crippen molar-refractivity contribution in [2.45, 2.75) is 154 Å². The van der Waals surface area contributed by atoms with Crippen LogP contribution in [-0.4, -0.2) is 70.1 Å². The molecule has 0 saturated carbocycles. The second-order valence-corrected chi connectivity index (χ2v) is 13.0. The van der Waals surface area contributed by atoms with E-state index in [-0.39, 0.29) is 36.3 Å². The lowest BCUT2D eigenvalue weighted by atomic mass is 9.87. The van der Waals surface area contributed by atoms with Crippen molar-refractivity contribution in [2.75, 3.05) is 0 Å². The van der Waals surface area contributed by atoms with Crippen molar-refractivity contribution in [2.24, 2.45) is 17.8 Å². The van der Waals surface area contributed by atoms with Crippen LogP contribution in [0.5, 0.6) is 0 Å². The number of hydrogen-bond acceptors (Lipinski definition) is 7. The van der Waals surface area contributed by atoms with Gasteiger partial charge in [-0.3, -0.25) is 4.79 Å². The number of rotatable bonds is 5. The zero-order valence-corrected chi connectivity index (χ0v) is 26.0. The van der Waals surface area contributed by atoms with E-state index in [0.717, 1.165) is 44.9 Å². The number of ether oxygens (including phenoxy) is 3. The van der Waals surface area contributed by atoms with Crippen molar-refractivity contribution in [1.29, 1.82) is 0 Å². The maximum absolute atomic E-state index is 12.9. The molecule has 234 valence electrons. The molecule has 2 saturated heterocycles. The molecule has 11 atom stereocenters. The first-order valence-electron chi connectivity index (χ1n) is 16.1. The average molecular weight is 577 g/mol. The van der Waals surface area contributed by atoms with Gasteiger partial charge in [0.05, 0.1) is 36.6 Å². The largest absolute Gasteiger partial charge is 0.460 e. The molecular formula is C34H56O7. The van der Waals surface area contributed by atoms with Crippen LogP contribution in [0.2, 0.25) is 0 Å². The Morgan fingerprint density at radius 3 is 2.51 bits per heavy atom. The van der Waals surface area contributed by atoms with Crippen molar-refractivity contribution >= 4 is 5.97 Å². The van der Waals surface area contributed by atoms with E-state index in [1.165, 1.54) is 5.57 Å². The molecule has 0 aromatic heterocycles. The molecule has 3 N–H and O–H groups in total. The third-order valence-electron chi connectivity index (χ3n) is 9.34. The van der Waals surface area contributed by atoms with Crippen LogP contribution in [0.15, 0.2) is 36.0 Å². The van der Waals surface area contributed by atoms with Gasteiger partial charge in [0.25, 0.3) is 0 Å². The fourth-order valence-corrected chi connectivity index (χ4v) is 6.45. The summed E-state index contributed by atoms with van der Waals surface area (Å²) in [5.41, 5.74) is 1.75. The fraction of sp³-hybridized carbons (Fsp3) is 0.794. The van der Waals surface area contributed by atoms with Crippen LogP contribution in [0, 0.1) is 17.8 Å². The first-order chi connectivity index (χ1) is 19.5. The van der Waals surface area contributed by atoms with E-state index in [2.05, 4.69) is 45.6 Å². The Kier molecular flexibility index (Phi) is 13.6. The Morgan fingerprint density at radius 1 is 1.10 bits per heavy atom. The second kappa shape index (κ2) is 16.4. The lowest BCUT2D eigenvalue weighted by molar-refractivity contribution is -0.158. The highest BCUT2D eigenvalue weighted by atomic mass is 16.6. The van der Waals surface area contributed by atoms with E-state index in [1.807, 2.05) is 13.8 Å². The zero-order chi connectivity index (χ0) is 30.1. The maximum atomic E-state index is 12.9. The van der Waals surface area contributed by atoms with Gasteiger partial charge in [0, 0.05) is 18.8 Å². The van der Waals surface area contributed by atoms with Crippen LogP contribution in [0.4, 0.5) is 0 Å². The Labute approximate surface area is 248 Å². The third kappa shape index (κ3) is 10.0. The monoisotopic (exact) mass is 576 g/mol. The zero-order valence-electron chi connectivity index (χ0n) is 26.0. The predicted molar refractivity (Wildman–Crippen MR) is 161 cm³/mol. The third-order valence-corrected chi connectivity index (χ3v) is 9.34. The molecule has 0 aromatic carbocycles. The smallest absolute Gasteiger partial charge is 0.306 e. The molecule has 0 spiro atoms. The predicted octanol–water partition coefficient (Wildman–Crippen LogP) is 5.81. The summed E-state index contributed by atoms with van der Waals surface area (Å²) in [4.78, 5) is 12.9. The van der Waals surface area contributed by atoms with E-state index in [0.29, 0.717) is 37.2 Å². The van der Waals surface area contributed by atoms with Gasteiger partial charge in [0.15, 0.2) is 0 Å². The molecule has 4 bridgehead atoms. The van der Waals surface area contributed by atoms with Crippen molar-refractivity contribution in [3.8, 4) is 0 Å². The van der Waals surface area contributed by atoms with E-state index < -0.39 is 30.3 Å². The summed E-state index contributed by atoms with van der Waals surface area (Å²) in [7, 11) is 0. The van der Waals surface area contributed by atoms with Crippen LogP contribution in [0.1, 0.15) is 105 Å². The number of carbonyl (C=O) groups excluding carboxylic acids is 1. The summed E-state index contributed by atoms with van der Waals surface area (Å²) in [6.07, 6.45) is 11.2. The van der Waals surface area contributed by atoms with Gasteiger partial charge in [-0.2, -0.15) is 0 Å². The number of aliphatic hydroxyl groups excluding tert-OH is 3. The lowest BCUT2D eigenvalue weighted by Crippen LogP contribution is -2.38. The van der Waals surface area contributed by atoms with Gasteiger partial charge in [-0.15, -0.1) is 0 Å². The molecule has 0 unspecified atom stereocenters. The standard InChI is InChI=1S/C34H56O7/c1-7-27(35)24(5)25(6)33(38)29-16-12-14-21(2)17-30-23(4)19-31(40-30)34-28(36)20-26(39-34)15-11-9-8-10-13-22(3)18-32(37)41-29/h8-9,17,22-23,25-31,33-36,38H,5,7,10-16,18-20H2,1-4,6H3/b9-8+,21-17+/t22-,23-,25+,26-,27+,28+,29+,30-,31-,33-,34-/m1/s1. The molecule has 0 aromatic rings. The van der Waals surface area contributed by atoms with Crippen molar-refractivity contribution in [3.05, 3.63) is 36.0 Å². The first kappa shape index (κ1) is 34.0. The van der Waals surface area contributed by atoms with Crippen LogP contribution in [-0.2, 0) is 19.0 Å². The molecular weight excluding hydrogens is 520 g/mol. The van der Waals surface area contributed by atoms with Gasteiger partial charge in [0.2, 0.25) is 0 Å². The van der Waals surface area contributed by atoms with Gasteiger partial charge >= 0.3 is 5.97 Å². The first-order valence-corrected chi connectivity index (χ1v) is 16.1. The average Bonchev–Trinajstić information content (AvgIpc) is 3.48. The molecule has 2 fully saturated rings. The Bertz CT molecular complexity index is 898. The molecule has 0 radical (unpaired) electrons. The molecule has 0 aliphatic carbocycles. The minimum Gasteiger partial charge on any atom is -0.460 e. The highest BCUT2D eigenvalue weighted by molar-refractivity contribution is 5.69. The van der Waals surface area contributed by atoms with Gasteiger partial charge in [0.1, 0.15) is 12.2 Å². The molecule has 41 heavy (non-hydrogen) atoms. The number of fused-ring (bicyclic) bond motifs is 5. The highest BCUT2D eigenvalue weighted by Gasteiger charge is 2.44. The summed E-state index contributed by atoms with van der Waals surface area (Å²) in [5.74, 6) is -0.213. The Hall–Kier alpha value is -1.51. The molecule has 7 heteroatoms. The van der Waals surface area contributed by atoms with Crippen LogP contribution in [0.3, 0.4) is 0 Å².